The molecule has 0 aliphatic carbocycles. The highest BCUT2D eigenvalue weighted by Crippen LogP contribution is 2.40. The molecule has 0 N–H and O–H groups in total. The summed E-state index contributed by atoms with van der Waals surface area (Å²) in [5.74, 6) is -1.39. The van der Waals surface area contributed by atoms with Crippen LogP contribution in [-0.4, -0.2) is 76.7 Å². The van der Waals surface area contributed by atoms with E-state index in [2.05, 4.69) is 11.6 Å². The number of halogens is 1. The molecular formula is C29H31FN2O7S. The lowest BCUT2D eigenvalue weighted by Crippen LogP contribution is -2.56. The zero-order valence-corrected chi connectivity index (χ0v) is 23.2. The van der Waals surface area contributed by atoms with Crippen LogP contribution in [0.2, 0.25) is 0 Å². The quantitative estimate of drug-likeness (QED) is 0.260. The van der Waals surface area contributed by atoms with E-state index < -0.39 is 53.5 Å². The van der Waals surface area contributed by atoms with Gasteiger partial charge in [-0.1, -0.05) is 54.2 Å². The fraction of sp³-hybridized carbons (Fsp3) is 0.379. The number of nitrogens with zero attached hydrogens (tertiary/aromatic N) is 2. The zero-order valence-electron chi connectivity index (χ0n) is 22.4. The normalized spacial score (nSPS) is 23.8. The van der Waals surface area contributed by atoms with Crippen molar-refractivity contribution in [3.8, 4) is 0 Å². The summed E-state index contributed by atoms with van der Waals surface area (Å²) in [5.41, 5.74) is -1.10. The molecule has 4 rings (SSSR count). The summed E-state index contributed by atoms with van der Waals surface area (Å²) < 4.78 is 38.7. The third-order valence-electron chi connectivity index (χ3n) is 5.87. The minimum Gasteiger partial charge on any atom is -0.459 e. The number of rotatable bonds is 7. The first kappa shape index (κ1) is 29.3. The summed E-state index contributed by atoms with van der Waals surface area (Å²) in [7, 11) is 0. The van der Waals surface area contributed by atoms with Gasteiger partial charge in [-0.25, -0.2) is 18.8 Å². The summed E-state index contributed by atoms with van der Waals surface area (Å²) in [6.45, 7) is 8.57. The van der Waals surface area contributed by atoms with Gasteiger partial charge in [0.1, 0.15) is 29.8 Å². The fourth-order valence-corrected chi connectivity index (χ4v) is 5.25. The van der Waals surface area contributed by atoms with Gasteiger partial charge in [-0.2, -0.15) is 0 Å². The van der Waals surface area contributed by atoms with Gasteiger partial charge in [0.05, 0.1) is 11.1 Å². The second kappa shape index (κ2) is 12.6. The molecule has 2 aromatic rings. The second-order valence-corrected chi connectivity index (χ2v) is 11.2. The predicted molar refractivity (Wildman–Crippen MR) is 148 cm³/mol. The van der Waals surface area contributed by atoms with E-state index in [4.69, 9.17) is 18.9 Å². The van der Waals surface area contributed by atoms with E-state index in [0.29, 0.717) is 5.56 Å². The van der Waals surface area contributed by atoms with Crippen LogP contribution in [0.3, 0.4) is 0 Å². The van der Waals surface area contributed by atoms with Crippen molar-refractivity contribution in [3.63, 3.8) is 0 Å². The molecule has 9 nitrogen and oxygen atoms in total. The number of amides is 1. The number of ether oxygens (including phenoxy) is 4. The molecular weight excluding hydrogens is 539 g/mol. The van der Waals surface area contributed by atoms with Crippen LogP contribution in [0.15, 0.2) is 78.3 Å². The van der Waals surface area contributed by atoms with Crippen molar-refractivity contribution in [3.05, 3.63) is 84.4 Å². The molecule has 2 aliphatic heterocycles. The van der Waals surface area contributed by atoms with Crippen LogP contribution in [-0.2, 0) is 18.9 Å². The number of esters is 2. The number of amidine groups is 1. The Balaban J connectivity index is 1.56. The van der Waals surface area contributed by atoms with E-state index >= 15 is 4.39 Å². The van der Waals surface area contributed by atoms with E-state index in [1.165, 1.54) is 11.0 Å². The second-order valence-electron chi connectivity index (χ2n) is 10.1. The molecule has 1 fully saturated rings. The lowest BCUT2D eigenvalue weighted by molar-refractivity contribution is -0.149. The number of hydrogen-bond acceptors (Lipinski definition) is 9. The third kappa shape index (κ3) is 7.08. The lowest BCUT2D eigenvalue weighted by Gasteiger charge is -2.38. The number of hydrogen-bond donors (Lipinski definition) is 0. The average Bonchev–Trinajstić information content (AvgIpc) is 3.36. The van der Waals surface area contributed by atoms with E-state index in [-0.39, 0.29) is 23.9 Å². The van der Waals surface area contributed by atoms with Crippen molar-refractivity contribution in [2.45, 2.75) is 56.2 Å². The number of alkyl halides is 1. The number of benzene rings is 2. The molecule has 2 aliphatic rings. The van der Waals surface area contributed by atoms with Gasteiger partial charge in [0, 0.05) is 6.54 Å². The molecule has 0 saturated carbocycles. The number of carbonyl (C=O) groups excluding carboxylic acids is 3. The summed E-state index contributed by atoms with van der Waals surface area (Å²) in [6, 6.07) is 15.4. The van der Waals surface area contributed by atoms with Crippen molar-refractivity contribution >= 4 is 35.0 Å². The van der Waals surface area contributed by atoms with Gasteiger partial charge >= 0.3 is 18.0 Å². The lowest BCUT2D eigenvalue weighted by atomic mass is 9.99. The van der Waals surface area contributed by atoms with Crippen LogP contribution in [0.5, 0.6) is 0 Å². The van der Waals surface area contributed by atoms with Crippen LogP contribution >= 0.6 is 11.8 Å². The van der Waals surface area contributed by atoms with Crippen molar-refractivity contribution < 1.29 is 37.7 Å². The van der Waals surface area contributed by atoms with E-state index in [1.54, 1.807) is 81.4 Å². The maximum atomic E-state index is 16.1. The van der Waals surface area contributed by atoms with Crippen LogP contribution < -0.4 is 0 Å². The minimum atomic E-state index is -1.82. The predicted octanol–water partition coefficient (Wildman–Crippen LogP) is 5.03. The Morgan fingerprint density at radius 2 is 1.65 bits per heavy atom. The van der Waals surface area contributed by atoms with Gasteiger partial charge in [-0.3, -0.25) is 9.89 Å². The first-order valence-corrected chi connectivity index (χ1v) is 13.6. The highest BCUT2D eigenvalue weighted by Gasteiger charge is 2.53. The Labute approximate surface area is 236 Å². The molecule has 2 aromatic carbocycles. The van der Waals surface area contributed by atoms with Gasteiger partial charge in [0.2, 0.25) is 0 Å². The summed E-state index contributed by atoms with van der Waals surface area (Å²) in [5, 5.41) is 0.182. The van der Waals surface area contributed by atoms with E-state index in [0.717, 1.165) is 11.8 Å². The van der Waals surface area contributed by atoms with Gasteiger partial charge in [-0.15, -0.1) is 6.58 Å². The van der Waals surface area contributed by atoms with E-state index in [9.17, 15) is 14.4 Å². The van der Waals surface area contributed by atoms with Crippen LogP contribution in [0.25, 0.3) is 0 Å². The molecule has 0 bridgehead atoms. The number of aliphatic imine (C=N–C) groups is 1. The molecule has 2 heterocycles. The van der Waals surface area contributed by atoms with Crippen molar-refractivity contribution in [1.29, 1.82) is 0 Å². The molecule has 5 atom stereocenters. The molecule has 1 amide bonds. The van der Waals surface area contributed by atoms with Crippen molar-refractivity contribution in [2.75, 3.05) is 13.2 Å². The standard InChI is InChI=1S/C29H31FN2O7S/c1-5-16-32(28(35)39-29(2,3)4)27-31-22-21(30)23(38-25(34)19-14-10-7-11-15-19)20(37-26(22)40-27)17-36-24(33)18-12-8-6-9-13-18/h5-15,20-23,26H,1,16-17H2,2-4H3/t20-,21-,22-,23-,26-/m1/s1. The van der Waals surface area contributed by atoms with E-state index in [1.807, 2.05) is 0 Å². The number of fused-ring (bicyclic) bond motifs is 1. The first-order valence-electron chi connectivity index (χ1n) is 12.7. The van der Waals surface area contributed by atoms with Gasteiger partial charge in [-0.05, 0) is 45.0 Å². The molecule has 0 radical (unpaired) electrons. The highest BCUT2D eigenvalue weighted by molar-refractivity contribution is 8.14. The minimum absolute atomic E-state index is 0.0711. The van der Waals surface area contributed by atoms with Gasteiger partial charge < -0.3 is 18.9 Å². The Kier molecular flexibility index (Phi) is 9.26. The molecule has 212 valence electrons. The average molecular weight is 571 g/mol. The Hall–Kier alpha value is -3.70. The van der Waals surface area contributed by atoms with Crippen molar-refractivity contribution in [1.82, 2.24) is 4.90 Å². The highest BCUT2D eigenvalue weighted by atomic mass is 32.2. The smallest absolute Gasteiger partial charge is 0.416 e. The monoisotopic (exact) mass is 570 g/mol. The van der Waals surface area contributed by atoms with Crippen LogP contribution in [0.4, 0.5) is 9.18 Å². The summed E-state index contributed by atoms with van der Waals surface area (Å²) in [6.07, 6.45) is -3.56. The summed E-state index contributed by atoms with van der Waals surface area (Å²) in [4.78, 5) is 44.0. The first-order chi connectivity index (χ1) is 19.1. The molecule has 1 saturated heterocycles. The zero-order chi connectivity index (χ0) is 28.9. The fourth-order valence-electron chi connectivity index (χ4n) is 4.04. The molecule has 0 aromatic heterocycles. The Bertz CT molecular complexity index is 1250. The van der Waals surface area contributed by atoms with Crippen LogP contribution in [0.1, 0.15) is 41.5 Å². The number of carbonyl (C=O) groups is 3. The Morgan fingerprint density at radius 1 is 1.05 bits per heavy atom. The third-order valence-corrected chi connectivity index (χ3v) is 7.03. The molecule has 11 heteroatoms. The molecule has 0 unspecified atom stereocenters. The van der Waals surface area contributed by atoms with Crippen LogP contribution in [0, 0.1) is 0 Å². The molecule has 40 heavy (non-hydrogen) atoms. The van der Waals surface area contributed by atoms with Gasteiger partial charge in [0.15, 0.2) is 17.4 Å². The Morgan fingerprint density at radius 3 is 2.23 bits per heavy atom. The molecule has 0 spiro atoms. The largest absolute Gasteiger partial charge is 0.459 e. The number of thioether (sulfide) groups is 1. The summed E-state index contributed by atoms with van der Waals surface area (Å²) >= 11 is 1.04. The maximum Gasteiger partial charge on any atom is 0.416 e. The van der Waals surface area contributed by atoms with Gasteiger partial charge in [0.25, 0.3) is 0 Å². The topological polar surface area (TPSA) is 104 Å². The SMILES string of the molecule is C=CCN(C(=O)OC(C)(C)C)C1=N[C@@H]2[C@@H](F)[C@H](OC(=O)c3ccccc3)[C@@H](COC(=O)c3ccccc3)O[C@@H]2S1. The van der Waals surface area contributed by atoms with Crippen molar-refractivity contribution in [2.24, 2.45) is 4.99 Å². The maximum absolute atomic E-state index is 16.1.